The van der Waals surface area contributed by atoms with Gasteiger partial charge in [-0.3, -0.25) is 9.36 Å². The van der Waals surface area contributed by atoms with Crippen molar-refractivity contribution in [2.24, 2.45) is 0 Å². The predicted octanol–water partition coefficient (Wildman–Crippen LogP) is 1.93. The van der Waals surface area contributed by atoms with Crippen molar-refractivity contribution in [3.63, 3.8) is 0 Å². The quantitative estimate of drug-likeness (QED) is 0.771. The number of carbonyl (C=O) groups is 1. The smallest absolute Gasteiger partial charge is 0.256 e. The third kappa shape index (κ3) is 3.32. The molecule has 2 heterocycles. The van der Waals surface area contributed by atoms with Crippen LogP contribution < -0.4 is 14.8 Å². The summed E-state index contributed by atoms with van der Waals surface area (Å²) in [5, 5.41) is 2.73. The lowest BCUT2D eigenvalue weighted by Gasteiger charge is -2.09. The molecule has 0 saturated heterocycles. The van der Waals surface area contributed by atoms with Crippen LogP contribution in [0.4, 0.5) is 5.69 Å². The van der Waals surface area contributed by atoms with E-state index in [4.69, 9.17) is 9.47 Å². The highest BCUT2D eigenvalue weighted by Gasteiger charge is 2.11. The van der Waals surface area contributed by atoms with E-state index in [1.165, 1.54) is 26.6 Å². The van der Waals surface area contributed by atoms with Gasteiger partial charge < -0.3 is 14.8 Å². The summed E-state index contributed by atoms with van der Waals surface area (Å²) in [6.07, 6.45) is 8.01. The summed E-state index contributed by atoms with van der Waals surface area (Å²) >= 11 is 0. The molecule has 1 N–H and O–H groups in total. The van der Waals surface area contributed by atoms with Gasteiger partial charge in [-0.25, -0.2) is 15.0 Å². The van der Waals surface area contributed by atoms with Crippen LogP contribution in [-0.2, 0) is 0 Å². The summed E-state index contributed by atoms with van der Waals surface area (Å²) < 4.78 is 12.0. The number of aromatic nitrogens is 4. The van der Waals surface area contributed by atoms with Gasteiger partial charge in [-0.1, -0.05) is 0 Å². The molecule has 0 saturated carbocycles. The highest BCUT2D eigenvalue weighted by molar-refractivity contribution is 6.04. The Morgan fingerprint density at radius 3 is 2.29 bits per heavy atom. The molecule has 3 aromatic rings. The number of hydrogen-bond donors (Lipinski definition) is 1. The van der Waals surface area contributed by atoms with Crippen LogP contribution in [0.5, 0.6) is 11.5 Å². The van der Waals surface area contributed by atoms with E-state index in [0.29, 0.717) is 28.7 Å². The lowest BCUT2D eigenvalue weighted by atomic mass is 10.2. The minimum atomic E-state index is -0.314. The summed E-state index contributed by atoms with van der Waals surface area (Å²) in [6.45, 7) is 0. The molecule has 0 spiro atoms. The normalized spacial score (nSPS) is 10.2. The van der Waals surface area contributed by atoms with Gasteiger partial charge in [0.05, 0.1) is 32.3 Å². The van der Waals surface area contributed by atoms with Gasteiger partial charge in [-0.2, -0.15) is 0 Å². The van der Waals surface area contributed by atoms with Gasteiger partial charge >= 0.3 is 0 Å². The topological polar surface area (TPSA) is 91.2 Å². The number of benzene rings is 1. The Hall–Kier alpha value is -3.42. The van der Waals surface area contributed by atoms with Crippen molar-refractivity contribution < 1.29 is 14.3 Å². The fourth-order valence-corrected chi connectivity index (χ4v) is 2.04. The number of nitrogens with zero attached hydrogens (tertiary/aromatic N) is 4. The molecule has 0 aliphatic heterocycles. The lowest BCUT2D eigenvalue weighted by Crippen LogP contribution is -2.13. The molecule has 1 amide bonds. The summed E-state index contributed by atoms with van der Waals surface area (Å²) in [5.41, 5.74) is 0.885. The molecule has 8 nitrogen and oxygen atoms in total. The van der Waals surface area contributed by atoms with Gasteiger partial charge in [0.25, 0.3) is 5.91 Å². The summed E-state index contributed by atoms with van der Waals surface area (Å²) in [4.78, 5) is 24.7. The molecule has 2 aromatic heterocycles. The first-order chi connectivity index (χ1) is 11.7. The van der Waals surface area contributed by atoms with E-state index in [1.54, 1.807) is 41.5 Å². The highest BCUT2D eigenvalue weighted by atomic mass is 16.5. The molecule has 0 aliphatic rings. The zero-order valence-electron chi connectivity index (χ0n) is 13.1. The Morgan fingerprint density at radius 2 is 1.75 bits per heavy atom. The van der Waals surface area contributed by atoms with Crippen LogP contribution in [0, 0.1) is 0 Å². The number of imidazole rings is 1. The van der Waals surface area contributed by atoms with Gasteiger partial charge in [-0.15, -0.1) is 0 Å². The number of nitrogens with one attached hydrogen (secondary N) is 1. The van der Waals surface area contributed by atoms with Crippen LogP contribution in [0.25, 0.3) is 5.95 Å². The minimum Gasteiger partial charge on any atom is -0.497 e. The van der Waals surface area contributed by atoms with Crippen LogP contribution >= 0.6 is 0 Å². The van der Waals surface area contributed by atoms with E-state index in [9.17, 15) is 4.79 Å². The molecule has 0 unspecified atom stereocenters. The van der Waals surface area contributed by atoms with Crippen LogP contribution in [0.3, 0.4) is 0 Å². The fraction of sp³-hybridized carbons (Fsp3) is 0.125. The maximum atomic E-state index is 12.4. The number of methoxy groups -OCH3 is 2. The maximum absolute atomic E-state index is 12.4. The molecule has 0 aliphatic carbocycles. The zero-order valence-corrected chi connectivity index (χ0v) is 13.1. The molecule has 1 aromatic carbocycles. The first kappa shape index (κ1) is 15.5. The summed E-state index contributed by atoms with van der Waals surface area (Å²) in [7, 11) is 3.05. The van der Waals surface area contributed by atoms with Crippen molar-refractivity contribution in [3.05, 3.63) is 54.9 Å². The van der Waals surface area contributed by atoms with Crippen LogP contribution in [0.15, 0.2) is 49.3 Å². The lowest BCUT2D eigenvalue weighted by molar-refractivity contribution is 0.102. The molecule has 0 fully saturated rings. The van der Waals surface area contributed by atoms with Gasteiger partial charge in [0.15, 0.2) is 0 Å². The Labute approximate surface area is 138 Å². The molecule has 24 heavy (non-hydrogen) atoms. The number of amides is 1. The third-order valence-electron chi connectivity index (χ3n) is 3.25. The van der Waals surface area contributed by atoms with Crippen LogP contribution in [0.1, 0.15) is 10.4 Å². The Balaban J connectivity index is 1.77. The Kier molecular flexibility index (Phi) is 4.37. The largest absolute Gasteiger partial charge is 0.497 e. The zero-order chi connectivity index (χ0) is 16.9. The molecule has 0 bridgehead atoms. The van der Waals surface area contributed by atoms with E-state index < -0.39 is 0 Å². The monoisotopic (exact) mass is 325 g/mol. The standard InChI is InChI=1S/C16H15N5O3/c1-23-13-5-11(6-14(7-13)24-2)15(22)20-12-8-18-16(19-9-12)21-4-3-17-10-21/h3-10H,1-2H3,(H,20,22). The fourth-order valence-electron chi connectivity index (χ4n) is 2.04. The van der Waals surface area contributed by atoms with Gasteiger partial charge in [-0.05, 0) is 12.1 Å². The van der Waals surface area contributed by atoms with E-state index in [2.05, 4.69) is 20.3 Å². The number of ether oxygens (including phenoxy) is 2. The second-order valence-electron chi connectivity index (χ2n) is 4.80. The first-order valence-corrected chi connectivity index (χ1v) is 7.04. The molecule has 122 valence electrons. The second kappa shape index (κ2) is 6.78. The predicted molar refractivity (Wildman–Crippen MR) is 86.7 cm³/mol. The maximum Gasteiger partial charge on any atom is 0.256 e. The summed E-state index contributed by atoms with van der Waals surface area (Å²) in [6, 6.07) is 4.94. The number of rotatable bonds is 5. The Morgan fingerprint density at radius 1 is 1.08 bits per heavy atom. The third-order valence-corrected chi connectivity index (χ3v) is 3.25. The van der Waals surface area contributed by atoms with E-state index in [-0.39, 0.29) is 5.91 Å². The van der Waals surface area contributed by atoms with Gasteiger partial charge in [0.1, 0.15) is 17.8 Å². The molecular weight excluding hydrogens is 310 g/mol. The number of anilines is 1. The van der Waals surface area contributed by atoms with Crippen molar-refractivity contribution in [2.45, 2.75) is 0 Å². The average molecular weight is 325 g/mol. The minimum absolute atomic E-state index is 0.314. The van der Waals surface area contributed by atoms with Gasteiger partial charge in [0, 0.05) is 24.0 Å². The number of carbonyl (C=O) groups excluding carboxylic acids is 1. The Bertz CT molecular complexity index is 809. The first-order valence-electron chi connectivity index (χ1n) is 7.04. The second-order valence-corrected chi connectivity index (χ2v) is 4.80. The molecular formula is C16H15N5O3. The average Bonchev–Trinajstić information content (AvgIpc) is 3.16. The SMILES string of the molecule is COc1cc(OC)cc(C(=O)Nc2cnc(-n3ccnc3)nc2)c1. The summed E-state index contributed by atoms with van der Waals surface area (Å²) in [5.74, 6) is 1.22. The molecule has 3 rings (SSSR count). The number of hydrogen-bond acceptors (Lipinski definition) is 6. The van der Waals surface area contributed by atoms with E-state index in [1.807, 2.05) is 0 Å². The van der Waals surface area contributed by atoms with Crippen molar-refractivity contribution in [1.29, 1.82) is 0 Å². The van der Waals surface area contributed by atoms with E-state index >= 15 is 0 Å². The van der Waals surface area contributed by atoms with Crippen molar-refractivity contribution in [1.82, 2.24) is 19.5 Å². The van der Waals surface area contributed by atoms with Crippen molar-refractivity contribution in [2.75, 3.05) is 19.5 Å². The highest BCUT2D eigenvalue weighted by Crippen LogP contribution is 2.23. The molecule has 0 radical (unpaired) electrons. The van der Waals surface area contributed by atoms with Crippen LogP contribution in [-0.4, -0.2) is 39.6 Å². The molecule has 0 atom stereocenters. The molecule has 8 heteroatoms. The van der Waals surface area contributed by atoms with Crippen molar-refractivity contribution in [3.8, 4) is 17.4 Å². The van der Waals surface area contributed by atoms with Crippen molar-refractivity contribution >= 4 is 11.6 Å². The van der Waals surface area contributed by atoms with Gasteiger partial charge in [0.2, 0.25) is 5.95 Å². The van der Waals surface area contributed by atoms with E-state index in [0.717, 1.165) is 0 Å². The van der Waals surface area contributed by atoms with Crippen LogP contribution in [0.2, 0.25) is 0 Å².